The van der Waals surface area contributed by atoms with E-state index in [1.54, 1.807) is 0 Å². The number of hydrogen-bond acceptors (Lipinski definition) is 2. The summed E-state index contributed by atoms with van der Waals surface area (Å²) in [5, 5.41) is 0. The van der Waals surface area contributed by atoms with Crippen LogP contribution in [0.25, 0.3) is 0 Å². The monoisotopic (exact) mass is 180 g/mol. The first-order valence-corrected chi connectivity index (χ1v) is 5.09. The molecular weight excluding hydrogens is 164 g/mol. The van der Waals surface area contributed by atoms with Crippen LogP contribution in [-0.4, -0.2) is 12.1 Å². The van der Waals surface area contributed by atoms with Crippen molar-refractivity contribution >= 4 is 5.97 Å². The lowest BCUT2D eigenvalue weighted by Gasteiger charge is -2.15. The van der Waals surface area contributed by atoms with Crippen LogP contribution < -0.4 is 0 Å². The quantitative estimate of drug-likeness (QED) is 0.481. The van der Waals surface area contributed by atoms with Crippen LogP contribution in [0.2, 0.25) is 0 Å². The molecule has 0 N–H and O–H groups in total. The van der Waals surface area contributed by atoms with Crippen molar-refractivity contribution in [1.82, 2.24) is 0 Å². The molecule has 1 atom stereocenters. The smallest absolute Gasteiger partial charge is 0.312 e. The molecule has 13 heavy (non-hydrogen) atoms. The molecule has 0 radical (unpaired) electrons. The summed E-state index contributed by atoms with van der Waals surface area (Å²) in [7, 11) is 0. The summed E-state index contributed by atoms with van der Waals surface area (Å²) < 4.78 is 5.33. The molecule has 1 heterocycles. The van der Waals surface area contributed by atoms with Gasteiger partial charge in [-0.2, -0.15) is 0 Å². The third-order valence-electron chi connectivity index (χ3n) is 3.32. The normalized spacial score (nSPS) is 30.8. The topological polar surface area (TPSA) is 26.3 Å². The van der Waals surface area contributed by atoms with Gasteiger partial charge in [-0.05, 0) is 12.8 Å². The highest BCUT2D eigenvalue weighted by Crippen LogP contribution is 2.48. The Bertz CT molecular complexity index is 204. The first kappa shape index (κ1) is 8.92. The van der Waals surface area contributed by atoms with Gasteiger partial charge in [0.2, 0.25) is 0 Å². The maximum atomic E-state index is 11.6. The molecule has 2 fully saturated rings. The van der Waals surface area contributed by atoms with E-state index in [-0.39, 0.29) is 17.5 Å². The van der Waals surface area contributed by atoms with Gasteiger partial charge in [0.25, 0.3) is 0 Å². The van der Waals surface area contributed by atoms with Crippen LogP contribution in [0.15, 0.2) is 0 Å². The Kier molecular flexibility index (Phi) is 2.22. The van der Waals surface area contributed by atoms with Gasteiger partial charge in [-0.15, -0.1) is 6.92 Å². The number of carbonyl (C=O) groups is 1. The summed E-state index contributed by atoms with van der Waals surface area (Å²) in [5.41, 5.74) is -0.0896. The zero-order valence-corrected chi connectivity index (χ0v) is 7.92. The van der Waals surface area contributed by atoms with Gasteiger partial charge in [0, 0.05) is 6.42 Å². The third-order valence-corrected chi connectivity index (χ3v) is 3.32. The molecule has 1 saturated carbocycles. The van der Waals surface area contributed by atoms with E-state index >= 15 is 0 Å². The number of carbonyl (C=O) groups excluding carboxylic acids is 1. The van der Waals surface area contributed by atoms with Crippen LogP contribution in [0.1, 0.15) is 38.5 Å². The molecule has 1 saturated heterocycles. The van der Waals surface area contributed by atoms with Crippen molar-refractivity contribution in [2.75, 3.05) is 0 Å². The molecule has 0 aromatic carbocycles. The highest BCUT2D eigenvalue weighted by Gasteiger charge is 2.50. The summed E-state index contributed by atoms with van der Waals surface area (Å²) in [5.74, 6) is 0.0526. The minimum absolute atomic E-state index is 0.0526. The third kappa shape index (κ3) is 1.43. The van der Waals surface area contributed by atoms with E-state index in [4.69, 9.17) is 4.74 Å². The van der Waals surface area contributed by atoms with Crippen molar-refractivity contribution in [3.05, 3.63) is 13.3 Å². The van der Waals surface area contributed by atoms with Gasteiger partial charge < -0.3 is 4.74 Å². The van der Waals surface area contributed by atoms with E-state index in [1.165, 1.54) is 12.8 Å². The molecule has 0 amide bonds. The summed E-state index contributed by atoms with van der Waals surface area (Å²) in [6, 6.07) is 0. The molecule has 1 aliphatic heterocycles. The molecule has 2 aliphatic rings. The van der Waals surface area contributed by atoms with Gasteiger partial charge in [-0.1, -0.05) is 19.3 Å². The average Bonchev–Trinajstić information content (AvgIpc) is 2.64. The van der Waals surface area contributed by atoms with E-state index in [2.05, 4.69) is 6.92 Å². The fourth-order valence-corrected chi connectivity index (χ4v) is 2.61. The zero-order valence-electron chi connectivity index (χ0n) is 7.92. The highest BCUT2D eigenvalue weighted by atomic mass is 16.6. The van der Waals surface area contributed by atoms with Gasteiger partial charge >= 0.3 is 5.97 Å². The van der Waals surface area contributed by atoms with Crippen molar-refractivity contribution in [2.24, 2.45) is 5.41 Å². The molecule has 2 rings (SSSR count). The average molecular weight is 180 g/mol. The van der Waals surface area contributed by atoms with Gasteiger partial charge in [-0.25, -0.2) is 0 Å². The molecule has 0 bridgehead atoms. The largest absolute Gasteiger partial charge is 0.457 e. The molecule has 1 spiro atoms. The van der Waals surface area contributed by atoms with Gasteiger partial charge in [-0.3, -0.25) is 4.79 Å². The molecule has 2 nitrogen and oxygen atoms in total. The Morgan fingerprint density at radius 3 is 2.85 bits per heavy atom. The number of hydrogen-bond donors (Lipinski definition) is 0. The molecule has 2 heteroatoms. The molecular formula is C11H16O2. The fourth-order valence-electron chi connectivity index (χ4n) is 2.61. The van der Waals surface area contributed by atoms with Crippen LogP contribution in [0, 0.1) is 18.8 Å². The van der Waals surface area contributed by atoms with E-state index in [0.717, 1.165) is 25.7 Å². The summed E-state index contributed by atoms with van der Waals surface area (Å²) in [4.78, 5) is 11.6. The summed E-state index contributed by atoms with van der Waals surface area (Å²) >= 11 is 0. The Labute approximate surface area is 79.7 Å². The minimum Gasteiger partial charge on any atom is -0.457 e. The SMILES string of the molecule is [CH2-][CH+]CC1CC2(CCCC2)C(=O)O1. The number of cyclic esters (lactones) is 1. The second-order valence-corrected chi connectivity index (χ2v) is 4.24. The highest BCUT2D eigenvalue weighted by molar-refractivity contribution is 5.79. The van der Waals surface area contributed by atoms with Crippen LogP contribution in [0.4, 0.5) is 0 Å². The lowest BCUT2D eigenvalue weighted by molar-refractivity contribution is -0.148. The Morgan fingerprint density at radius 2 is 2.23 bits per heavy atom. The predicted octanol–water partition coefficient (Wildman–Crippen LogP) is 2.29. The van der Waals surface area contributed by atoms with E-state index in [9.17, 15) is 4.79 Å². The Hall–Kier alpha value is -0.660. The molecule has 1 aliphatic carbocycles. The van der Waals surface area contributed by atoms with Crippen molar-refractivity contribution in [3.63, 3.8) is 0 Å². The van der Waals surface area contributed by atoms with Crippen LogP contribution in [-0.2, 0) is 9.53 Å². The van der Waals surface area contributed by atoms with E-state index < -0.39 is 0 Å². The van der Waals surface area contributed by atoms with E-state index in [1.807, 2.05) is 6.42 Å². The van der Waals surface area contributed by atoms with Gasteiger partial charge in [0.15, 0.2) is 0 Å². The lowest BCUT2D eigenvalue weighted by atomic mass is 9.82. The molecule has 0 aromatic heterocycles. The van der Waals surface area contributed by atoms with Gasteiger partial charge in [0.05, 0.1) is 11.8 Å². The number of ether oxygens (including phenoxy) is 1. The standard InChI is InChI=1S/C11H16O2/c1-2-5-9-8-11(10(12)13-9)6-3-4-7-11/h2,9H,1,3-8H2. The Balaban J connectivity index is 2.02. The van der Waals surface area contributed by atoms with Crippen molar-refractivity contribution < 1.29 is 9.53 Å². The fraction of sp³-hybridized carbons (Fsp3) is 0.727. The second-order valence-electron chi connectivity index (χ2n) is 4.24. The maximum Gasteiger partial charge on any atom is 0.312 e. The zero-order chi connectivity index (χ0) is 9.31. The predicted molar refractivity (Wildman–Crippen MR) is 49.7 cm³/mol. The molecule has 72 valence electrons. The van der Waals surface area contributed by atoms with Crippen LogP contribution in [0.5, 0.6) is 0 Å². The van der Waals surface area contributed by atoms with Crippen LogP contribution in [0.3, 0.4) is 0 Å². The number of rotatable bonds is 2. The van der Waals surface area contributed by atoms with Crippen molar-refractivity contribution in [1.29, 1.82) is 0 Å². The second kappa shape index (κ2) is 3.24. The first-order chi connectivity index (χ1) is 6.27. The van der Waals surface area contributed by atoms with Crippen molar-refractivity contribution in [3.8, 4) is 0 Å². The van der Waals surface area contributed by atoms with Crippen molar-refractivity contribution in [2.45, 2.75) is 44.6 Å². The minimum atomic E-state index is -0.0896. The molecule has 1 unspecified atom stereocenters. The van der Waals surface area contributed by atoms with Gasteiger partial charge in [0.1, 0.15) is 6.10 Å². The Morgan fingerprint density at radius 1 is 1.54 bits per heavy atom. The maximum absolute atomic E-state index is 11.6. The van der Waals surface area contributed by atoms with E-state index in [0.29, 0.717) is 0 Å². The number of esters is 1. The first-order valence-electron chi connectivity index (χ1n) is 5.09. The summed E-state index contributed by atoms with van der Waals surface area (Å²) in [6.07, 6.45) is 8.16. The molecule has 0 aromatic rings. The summed E-state index contributed by atoms with van der Waals surface area (Å²) in [6.45, 7) is 3.67. The lowest BCUT2D eigenvalue weighted by Crippen LogP contribution is -2.21. The van der Waals surface area contributed by atoms with Crippen LogP contribution >= 0.6 is 0 Å².